The molecule has 0 amide bonds. The number of methoxy groups -OCH3 is 1. The van der Waals surface area contributed by atoms with E-state index < -0.39 is 5.41 Å². The van der Waals surface area contributed by atoms with E-state index in [1.165, 1.54) is 5.57 Å². The highest BCUT2D eigenvalue weighted by Gasteiger charge is 2.51. The molecule has 0 unspecified atom stereocenters. The molecule has 0 fully saturated rings. The maximum absolute atomic E-state index is 12.6. The fourth-order valence-corrected chi connectivity index (χ4v) is 4.70. The first-order chi connectivity index (χ1) is 11.2. The molecule has 0 aromatic rings. The van der Waals surface area contributed by atoms with Crippen molar-refractivity contribution in [1.82, 2.24) is 0 Å². The first kappa shape index (κ1) is 19.1. The predicted molar refractivity (Wildman–Crippen MR) is 96.8 cm³/mol. The maximum Gasteiger partial charge on any atom is 0.159 e. The Bertz CT molecular complexity index is 574. The van der Waals surface area contributed by atoms with Crippen molar-refractivity contribution in [3.63, 3.8) is 0 Å². The number of hydrogen-bond acceptors (Lipinski definition) is 3. The summed E-state index contributed by atoms with van der Waals surface area (Å²) in [6.45, 7) is 12.1. The Hall–Kier alpha value is -1.22. The van der Waals surface area contributed by atoms with Crippen LogP contribution in [0, 0.1) is 16.7 Å². The minimum atomic E-state index is -0.613. The monoisotopic (exact) mass is 332 g/mol. The SMILES string of the molecule is C=C[C@](C)(C[C@@H](OC)[C@@]1(C)C2=C(CCC2=O)CC[C@@H]1C)C(=O)CC. The Morgan fingerprint density at radius 3 is 2.67 bits per heavy atom. The van der Waals surface area contributed by atoms with Crippen LogP contribution in [0.25, 0.3) is 0 Å². The lowest BCUT2D eigenvalue weighted by molar-refractivity contribution is -0.129. The van der Waals surface area contributed by atoms with Gasteiger partial charge in [0.05, 0.1) is 6.10 Å². The summed E-state index contributed by atoms with van der Waals surface area (Å²) < 4.78 is 5.93. The Labute approximate surface area is 146 Å². The van der Waals surface area contributed by atoms with Gasteiger partial charge in [-0.05, 0) is 38.5 Å². The molecule has 0 N–H and O–H groups in total. The van der Waals surface area contributed by atoms with E-state index in [-0.39, 0.29) is 23.1 Å². The number of allylic oxidation sites excluding steroid dienone is 2. The molecule has 0 aromatic heterocycles. The highest BCUT2D eigenvalue weighted by molar-refractivity contribution is 6.00. The molecule has 0 aliphatic heterocycles. The summed E-state index contributed by atoms with van der Waals surface area (Å²) in [5.74, 6) is 0.816. The molecule has 2 aliphatic carbocycles. The molecule has 0 radical (unpaired) electrons. The lowest BCUT2D eigenvalue weighted by atomic mass is 9.59. The molecule has 0 aromatic carbocycles. The Kier molecular flexibility index (Phi) is 5.54. The molecule has 0 bridgehead atoms. The zero-order valence-corrected chi connectivity index (χ0v) is 15.9. The van der Waals surface area contributed by atoms with Gasteiger partial charge in [0.15, 0.2) is 5.78 Å². The van der Waals surface area contributed by atoms with Crippen LogP contribution in [0.2, 0.25) is 0 Å². The van der Waals surface area contributed by atoms with Crippen LogP contribution < -0.4 is 0 Å². The number of hydrogen-bond donors (Lipinski definition) is 0. The van der Waals surface area contributed by atoms with E-state index in [1.807, 2.05) is 13.8 Å². The number of ether oxygens (including phenoxy) is 1. The lowest BCUT2D eigenvalue weighted by Crippen LogP contribution is -2.47. The van der Waals surface area contributed by atoms with Crippen LogP contribution in [0.3, 0.4) is 0 Å². The number of ketones is 2. The van der Waals surface area contributed by atoms with Crippen LogP contribution in [0.5, 0.6) is 0 Å². The van der Waals surface area contributed by atoms with E-state index >= 15 is 0 Å². The number of Topliss-reactive ketones (excluding diaryl/α,β-unsaturated/α-hetero) is 2. The standard InChI is InChI=1S/C21H32O3/c1-7-17(23)20(4,8-2)13-18(24-6)21(5)14(3)9-10-15-11-12-16(22)19(15)21/h8,14,18H,2,7,9-13H2,1,3-6H3/t14-,18+,20+,21-/m0/s1. The van der Waals surface area contributed by atoms with Crippen molar-refractivity contribution in [2.24, 2.45) is 16.7 Å². The molecule has 3 heteroatoms. The van der Waals surface area contributed by atoms with Crippen molar-refractivity contribution in [1.29, 1.82) is 0 Å². The average Bonchev–Trinajstić information content (AvgIpc) is 2.97. The van der Waals surface area contributed by atoms with Gasteiger partial charge in [-0.25, -0.2) is 0 Å². The van der Waals surface area contributed by atoms with E-state index in [2.05, 4.69) is 20.4 Å². The zero-order valence-electron chi connectivity index (χ0n) is 15.9. The summed E-state index contributed by atoms with van der Waals surface area (Å²) in [6.07, 6.45) is 6.29. The van der Waals surface area contributed by atoms with Gasteiger partial charge in [0.25, 0.3) is 0 Å². The van der Waals surface area contributed by atoms with Gasteiger partial charge in [-0.3, -0.25) is 9.59 Å². The second-order valence-corrected chi connectivity index (χ2v) is 7.95. The molecular formula is C21H32O3. The molecule has 3 nitrogen and oxygen atoms in total. The van der Waals surface area contributed by atoms with E-state index in [1.54, 1.807) is 13.2 Å². The van der Waals surface area contributed by atoms with E-state index in [0.29, 0.717) is 25.2 Å². The molecule has 24 heavy (non-hydrogen) atoms. The van der Waals surface area contributed by atoms with Crippen molar-refractivity contribution >= 4 is 11.6 Å². The van der Waals surface area contributed by atoms with E-state index in [4.69, 9.17) is 4.74 Å². The Balaban J connectivity index is 2.44. The Morgan fingerprint density at radius 1 is 1.46 bits per heavy atom. The van der Waals surface area contributed by atoms with Gasteiger partial charge in [0.1, 0.15) is 5.78 Å². The molecule has 0 heterocycles. The number of rotatable bonds is 7. The predicted octanol–water partition coefficient (Wildman–Crippen LogP) is 4.66. The summed E-state index contributed by atoms with van der Waals surface area (Å²) in [5, 5.41) is 0. The van der Waals surface area contributed by atoms with E-state index in [9.17, 15) is 9.59 Å². The van der Waals surface area contributed by atoms with Crippen LogP contribution in [-0.2, 0) is 14.3 Å². The van der Waals surface area contributed by atoms with E-state index in [0.717, 1.165) is 24.8 Å². The van der Waals surface area contributed by atoms with Crippen molar-refractivity contribution in [2.75, 3.05) is 7.11 Å². The van der Waals surface area contributed by atoms with Gasteiger partial charge in [-0.2, -0.15) is 0 Å². The van der Waals surface area contributed by atoms with Crippen molar-refractivity contribution < 1.29 is 14.3 Å². The minimum Gasteiger partial charge on any atom is -0.380 e. The maximum atomic E-state index is 12.6. The smallest absolute Gasteiger partial charge is 0.159 e. The molecule has 0 spiro atoms. The van der Waals surface area contributed by atoms with Gasteiger partial charge in [-0.1, -0.05) is 32.4 Å². The highest BCUT2D eigenvalue weighted by atomic mass is 16.5. The van der Waals surface area contributed by atoms with Crippen molar-refractivity contribution in [3.05, 3.63) is 23.8 Å². The molecule has 4 atom stereocenters. The average molecular weight is 332 g/mol. The van der Waals surface area contributed by atoms with Gasteiger partial charge in [-0.15, -0.1) is 6.58 Å². The van der Waals surface area contributed by atoms with Gasteiger partial charge < -0.3 is 4.74 Å². The molecular weight excluding hydrogens is 300 g/mol. The van der Waals surface area contributed by atoms with Crippen LogP contribution in [-0.4, -0.2) is 24.8 Å². The fourth-order valence-electron chi connectivity index (χ4n) is 4.70. The minimum absolute atomic E-state index is 0.168. The van der Waals surface area contributed by atoms with Crippen molar-refractivity contribution in [2.45, 2.75) is 72.3 Å². The van der Waals surface area contributed by atoms with Crippen molar-refractivity contribution in [3.8, 4) is 0 Å². The van der Waals surface area contributed by atoms with Gasteiger partial charge in [0, 0.05) is 36.4 Å². The van der Waals surface area contributed by atoms with Crippen LogP contribution in [0.4, 0.5) is 0 Å². The van der Waals surface area contributed by atoms with Crippen LogP contribution in [0.15, 0.2) is 23.8 Å². The lowest BCUT2D eigenvalue weighted by Gasteiger charge is -2.47. The fraction of sp³-hybridized carbons (Fsp3) is 0.714. The first-order valence-electron chi connectivity index (χ1n) is 9.20. The molecule has 134 valence electrons. The number of carbonyl (C=O) groups is 2. The second kappa shape index (κ2) is 6.95. The largest absolute Gasteiger partial charge is 0.380 e. The third-order valence-electron chi connectivity index (χ3n) is 6.70. The Morgan fingerprint density at radius 2 is 2.12 bits per heavy atom. The molecule has 0 saturated heterocycles. The van der Waals surface area contributed by atoms with Gasteiger partial charge in [0.2, 0.25) is 0 Å². The highest BCUT2D eigenvalue weighted by Crippen LogP contribution is 2.54. The quantitative estimate of drug-likeness (QED) is 0.637. The van der Waals surface area contributed by atoms with Crippen LogP contribution in [0.1, 0.15) is 66.2 Å². The summed E-state index contributed by atoms with van der Waals surface area (Å²) in [7, 11) is 1.71. The van der Waals surface area contributed by atoms with Crippen LogP contribution >= 0.6 is 0 Å². The summed E-state index contributed by atoms with van der Waals surface area (Å²) in [4.78, 5) is 25.1. The first-order valence-corrected chi connectivity index (χ1v) is 9.20. The number of carbonyl (C=O) groups excluding carboxylic acids is 2. The molecule has 2 aliphatic rings. The zero-order chi connectivity index (χ0) is 18.1. The third-order valence-corrected chi connectivity index (χ3v) is 6.70. The second-order valence-electron chi connectivity index (χ2n) is 7.95. The molecule has 0 saturated carbocycles. The summed E-state index contributed by atoms with van der Waals surface area (Å²) in [6, 6.07) is 0. The molecule has 2 rings (SSSR count). The normalized spacial score (nSPS) is 30.7. The van der Waals surface area contributed by atoms with Gasteiger partial charge >= 0.3 is 0 Å². The summed E-state index contributed by atoms with van der Waals surface area (Å²) in [5.41, 5.74) is 1.39. The summed E-state index contributed by atoms with van der Waals surface area (Å²) >= 11 is 0. The third kappa shape index (κ3) is 2.92. The topological polar surface area (TPSA) is 43.4 Å².